The lowest BCUT2D eigenvalue weighted by Gasteiger charge is -2.01. The Bertz CT molecular complexity index is 684. The highest BCUT2D eigenvalue weighted by molar-refractivity contribution is 7.90. The van der Waals surface area contributed by atoms with Gasteiger partial charge < -0.3 is 10.3 Å². The number of hydrogen-bond donors (Lipinski definition) is 2. The van der Waals surface area contributed by atoms with Crippen LogP contribution >= 0.6 is 0 Å². The van der Waals surface area contributed by atoms with Crippen molar-refractivity contribution in [3.8, 4) is 0 Å². The average Bonchev–Trinajstić information content (AvgIpc) is 2.95. The lowest BCUT2D eigenvalue weighted by molar-refractivity contribution is 0.602. The molecule has 2 aromatic rings. The summed E-state index contributed by atoms with van der Waals surface area (Å²) in [5.74, 6) is 1.35. The molecule has 1 saturated heterocycles. The van der Waals surface area contributed by atoms with Crippen molar-refractivity contribution >= 4 is 20.9 Å². The first-order valence-electron chi connectivity index (χ1n) is 5.94. The standard InChI is InChI=1S/C12H15N3O2S/c1-18(16,17)9-2-3-10-11(6-9)15-12(14-10)8-4-5-13-7-8/h2-3,6,8,13H,4-5,7H2,1H3,(H,14,15). The fourth-order valence-corrected chi connectivity index (χ4v) is 2.97. The highest BCUT2D eigenvalue weighted by Crippen LogP contribution is 2.24. The van der Waals surface area contributed by atoms with Crippen molar-refractivity contribution in [1.82, 2.24) is 15.3 Å². The molecule has 5 nitrogen and oxygen atoms in total. The van der Waals surface area contributed by atoms with Crippen molar-refractivity contribution in [2.45, 2.75) is 17.2 Å². The molecule has 3 rings (SSSR count). The van der Waals surface area contributed by atoms with Crippen LogP contribution in [0.1, 0.15) is 18.2 Å². The van der Waals surface area contributed by atoms with Crippen LogP contribution in [0.25, 0.3) is 11.0 Å². The number of aromatic amines is 1. The summed E-state index contributed by atoms with van der Waals surface area (Å²) in [4.78, 5) is 8.09. The Balaban J connectivity index is 2.06. The molecule has 0 bridgehead atoms. The second kappa shape index (κ2) is 4.07. The minimum Gasteiger partial charge on any atom is -0.342 e. The molecule has 96 valence electrons. The van der Waals surface area contributed by atoms with Crippen LogP contribution in [0.3, 0.4) is 0 Å². The molecule has 0 amide bonds. The monoisotopic (exact) mass is 265 g/mol. The molecule has 1 atom stereocenters. The summed E-state index contributed by atoms with van der Waals surface area (Å²) >= 11 is 0. The zero-order chi connectivity index (χ0) is 12.8. The molecule has 18 heavy (non-hydrogen) atoms. The second-order valence-corrected chi connectivity index (χ2v) is 6.78. The predicted octanol–water partition coefficient (Wildman–Crippen LogP) is 1.04. The molecule has 1 aromatic heterocycles. The van der Waals surface area contributed by atoms with E-state index >= 15 is 0 Å². The third kappa shape index (κ3) is 2.02. The molecular formula is C12H15N3O2S. The van der Waals surface area contributed by atoms with E-state index in [1.807, 2.05) is 0 Å². The Kier molecular flexibility index (Phi) is 2.64. The first-order valence-corrected chi connectivity index (χ1v) is 7.83. The molecule has 2 heterocycles. The summed E-state index contributed by atoms with van der Waals surface area (Å²) in [6.45, 7) is 1.94. The minimum absolute atomic E-state index is 0.328. The predicted molar refractivity (Wildman–Crippen MR) is 69.4 cm³/mol. The zero-order valence-electron chi connectivity index (χ0n) is 10.1. The third-order valence-electron chi connectivity index (χ3n) is 3.35. The normalized spacial score (nSPS) is 20.6. The van der Waals surface area contributed by atoms with Crippen molar-refractivity contribution in [3.63, 3.8) is 0 Å². The number of nitrogens with one attached hydrogen (secondary N) is 2. The molecule has 0 radical (unpaired) electrons. The summed E-state index contributed by atoms with van der Waals surface area (Å²) < 4.78 is 23.0. The van der Waals surface area contributed by atoms with E-state index in [-0.39, 0.29) is 0 Å². The van der Waals surface area contributed by atoms with E-state index in [9.17, 15) is 8.42 Å². The Morgan fingerprint density at radius 2 is 2.22 bits per heavy atom. The van der Waals surface area contributed by atoms with Crippen LogP contribution in [0.4, 0.5) is 0 Å². The lowest BCUT2D eigenvalue weighted by Crippen LogP contribution is -2.08. The number of hydrogen-bond acceptors (Lipinski definition) is 4. The number of fused-ring (bicyclic) bond motifs is 1. The highest BCUT2D eigenvalue weighted by Gasteiger charge is 2.20. The van der Waals surface area contributed by atoms with E-state index in [4.69, 9.17) is 0 Å². The topological polar surface area (TPSA) is 74.8 Å². The van der Waals surface area contributed by atoms with Crippen molar-refractivity contribution in [2.75, 3.05) is 19.3 Å². The number of rotatable bonds is 2. The molecule has 0 spiro atoms. The van der Waals surface area contributed by atoms with Crippen LogP contribution in [0.15, 0.2) is 23.1 Å². The van der Waals surface area contributed by atoms with E-state index in [0.717, 1.165) is 36.4 Å². The fraction of sp³-hybridized carbons (Fsp3) is 0.417. The van der Waals surface area contributed by atoms with E-state index < -0.39 is 9.84 Å². The van der Waals surface area contributed by atoms with Gasteiger partial charge in [0, 0.05) is 18.7 Å². The Hall–Kier alpha value is -1.40. The molecule has 1 unspecified atom stereocenters. The van der Waals surface area contributed by atoms with Gasteiger partial charge in [0.1, 0.15) is 5.82 Å². The Morgan fingerprint density at radius 3 is 2.89 bits per heavy atom. The van der Waals surface area contributed by atoms with Crippen LogP contribution in [-0.2, 0) is 9.84 Å². The smallest absolute Gasteiger partial charge is 0.175 e. The number of aromatic nitrogens is 2. The number of H-pyrrole nitrogens is 1. The maximum atomic E-state index is 11.5. The van der Waals surface area contributed by atoms with Gasteiger partial charge in [0.15, 0.2) is 9.84 Å². The maximum Gasteiger partial charge on any atom is 0.175 e. The van der Waals surface area contributed by atoms with E-state index in [1.165, 1.54) is 6.26 Å². The quantitative estimate of drug-likeness (QED) is 0.851. The summed E-state index contributed by atoms with van der Waals surface area (Å²) in [6, 6.07) is 5.02. The summed E-state index contributed by atoms with van der Waals surface area (Å²) in [7, 11) is -3.16. The van der Waals surface area contributed by atoms with Crippen LogP contribution in [0.5, 0.6) is 0 Å². The molecule has 6 heteroatoms. The molecule has 0 aliphatic carbocycles. The minimum atomic E-state index is -3.16. The summed E-state index contributed by atoms with van der Waals surface area (Å²) in [6.07, 6.45) is 2.28. The van der Waals surface area contributed by atoms with Crippen molar-refractivity contribution in [2.24, 2.45) is 0 Å². The zero-order valence-corrected chi connectivity index (χ0v) is 10.9. The summed E-state index contributed by atoms with van der Waals surface area (Å²) in [5.41, 5.74) is 1.61. The maximum absolute atomic E-state index is 11.5. The van der Waals surface area contributed by atoms with Crippen molar-refractivity contribution in [1.29, 1.82) is 0 Å². The molecule has 1 aliphatic heterocycles. The first-order chi connectivity index (χ1) is 8.54. The number of nitrogens with zero attached hydrogens (tertiary/aromatic N) is 1. The lowest BCUT2D eigenvalue weighted by atomic mass is 10.1. The average molecular weight is 265 g/mol. The first kappa shape index (κ1) is 11.7. The molecule has 2 N–H and O–H groups in total. The van der Waals surface area contributed by atoms with Gasteiger partial charge in [-0.05, 0) is 31.2 Å². The second-order valence-electron chi connectivity index (χ2n) is 4.76. The van der Waals surface area contributed by atoms with E-state index in [0.29, 0.717) is 10.8 Å². The number of benzene rings is 1. The van der Waals surface area contributed by atoms with Gasteiger partial charge in [-0.25, -0.2) is 13.4 Å². The van der Waals surface area contributed by atoms with Crippen molar-refractivity contribution in [3.05, 3.63) is 24.0 Å². The molecule has 1 aliphatic rings. The van der Waals surface area contributed by atoms with Crippen LogP contribution < -0.4 is 5.32 Å². The van der Waals surface area contributed by atoms with E-state index in [1.54, 1.807) is 18.2 Å². The van der Waals surface area contributed by atoms with Gasteiger partial charge >= 0.3 is 0 Å². The van der Waals surface area contributed by atoms with Crippen molar-refractivity contribution < 1.29 is 8.42 Å². The molecule has 0 saturated carbocycles. The van der Waals surface area contributed by atoms with Crippen LogP contribution in [0, 0.1) is 0 Å². The molecule has 1 aromatic carbocycles. The SMILES string of the molecule is CS(=O)(=O)c1ccc2nc(C3CCNC3)[nH]c2c1. The van der Waals surface area contributed by atoms with Gasteiger partial charge in [-0.2, -0.15) is 0 Å². The van der Waals surface area contributed by atoms with Gasteiger partial charge in [0.2, 0.25) is 0 Å². The highest BCUT2D eigenvalue weighted by atomic mass is 32.2. The van der Waals surface area contributed by atoms with Gasteiger partial charge in [0.25, 0.3) is 0 Å². The molecular weight excluding hydrogens is 250 g/mol. The Morgan fingerprint density at radius 1 is 1.39 bits per heavy atom. The Labute approximate surface area is 106 Å². The number of sulfone groups is 1. The number of imidazole rings is 1. The van der Waals surface area contributed by atoms with Gasteiger partial charge in [-0.1, -0.05) is 0 Å². The fourth-order valence-electron chi connectivity index (χ4n) is 2.32. The van der Waals surface area contributed by atoms with Gasteiger partial charge in [-0.15, -0.1) is 0 Å². The largest absolute Gasteiger partial charge is 0.342 e. The van der Waals surface area contributed by atoms with Gasteiger partial charge in [-0.3, -0.25) is 0 Å². The van der Waals surface area contributed by atoms with Gasteiger partial charge in [0.05, 0.1) is 15.9 Å². The molecule has 1 fully saturated rings. The third-order valence-corrected chi connectivity index (χ3v) is 4.46. The van der Waals surface area contributed by atoms with Crippen LogP contribution in [-0.4, -0.2) is 37.7 Å². The van der Waals surface area contributed by atoms with E-state index in [2.05, 4.69) is 15.3 Å². The summed E-state index contributed by atoms with van der Waals surface area (Å²) in [5, 5.41) is 3.29. The van der Waals surface area contributed by atoms with Crippen LogP contribution in [0.2, 0.25) is 0 Å².